The zero-order valence-electron chi connectivity index (χ0n) is 16.2. The molecule has 1 aromatic rings. The molecule has 1 aliphatic carbocycles. The largest absolute Gasteiger partial charge is 0.481 e. The van der Waals surface area contributed by atoms with E-state index in [-0.39, 0.29) is 5.91 Å². The summed E-state index contributed by atoms with van der Waals surface area (Å²) in [4.78, 5) is 27.2. The van der Waals surface area contributed by atoms with Gasteiger partial charge in [-0.25, -0.2) is 0 Å². The molecule has 1 amide bonds. The van der Waals surface area contributed by atoms with Gasteiger partial charge in [0.2, 0.25) is 5.91 Å². The second kappa shape index (κ2) is 10.1. The number of carbonyl (C=O) groups excluding carboxylic acids is 1. The quantitative estimate of drug-likeness (QED) is 0.619. The standard InChI is InChI=1S/C21H30ClNO4/c1-3-13-23(18-8-6-17(22)7-9-18)20(26)21(11-4-5-12-21)15-16(19(24)25)10-14-27-2/h6-9,16H,3-5,10-15H2,1-2H3,(H,24,25). The molecule has 1 N–H and O–H groups in total. The molecular weight excluding hydrogens is 366 g/mol. The first-order valence-corrected chi connectivity index (χ1v) is 10.1. The van der Waals surface area contributed by atoms with Crippen LogP contribution in [-0.4, -0.2) is 37.2 Å². The van der Waals surface area contributed by atoms with Crippen LogP contribution in [0, 0.1) is 11.3 Å². The number of hydrogen-bond acceptors (Lipinski definition) is 3. The van der Waals surface area contributed by atoms with E-state index in [4.69, 9.17) is 16.3 Å². The number of anilines is 1. The van der Waals surface area contributed by atoms with Gasteiger partial charge >= 0.3 is 5.97 Å². The maximum atomic E-state index is 13.6. The van der Waals surface area contributed by atoms with Gasteiger partial charge in [0.05, 0.1) is 11.3 Å². The molecule has 150 valence electrons. The van der Waals surface area contributed by atoms with Crippen molar-refractivity contribution >= 4 is 29.2 Å². The van der Waals surface area contributed by atoms with Crippen LogP contribution in [0.3, 0.4) is 0 Å². The van der Waals surface area contributed by atoms with Crippen molar-refractivity contribution in [3.63, 3.8) is 0 Å². The number of nitrogens with zero attached hydrogens (tertiary/aromatic N) is 1. The molecule has 0 spiro atoms. The number of benzene rings is 1. The van der Waals surface area contributed by atoms with Gasteiger partial charge in [-0.2, -0.15) is 0 Å². The first-order chi connectivity index (χ1) is 12.9. The molecule has 1 aromatic carbocycles. The Morgan fingerprint density at radius 1 is 1.26 bits per heavy atom. The number of hydrogen-bond donors (Lipinski definition) is 1. The van der Waals surface area contributed by atoms with Crippen LogP contribution in [0.4, 0.5) is 5.69 Å². The summed E-state index contributed by atoms with van der Waals surface area (Å²) >= 11 is 6.00. The molecule has 27 heavy (non-hydrogen) atoms. The molecule has 1 saturated carbocycles. The molecule has 1 fully saturated rings. The second-order valence-corrected chi connectivity index (χ2v) is 7.88. The van der Waals surface area contributed by atoms with Gasteiger partial charge in [-0.1, -0.05) is 31.4 Å². The highest BCUT2D eigenvalue weighted by atomic mass is 35.5. The molecule has 2 rings (SSSR count). The van der Waals surface area contributed by atoms with Crippen molar-refractivity contribution in [3.8, 4) is 0 Å². The minimum absolute atomic E-state index is 0.0489. The summed E-state index contributed by atoms with van der Waals surface area (Å²) in [6.45, 7) is 3.03. The number of aliphatic carboxylic acids is 1. The van der Waals surface area contributed by atoms with Crippen LogP contribution in [0.25, 0.3) is 0 Å². The van der Waals surface area contributed by atoms with Gasteiger partial charge in [-0.15, -0.1) is 0 Å². The van der Waals surface area contributed by atoms with E-state index in [1.54, 1.807) is 19.2 Å². The summed E-state index contributed by atoms with van der Waals surface area (Å²) in [5.74, 6) is -1.37. The van der Waals surface area contributed by atoms with E-state index in [2.05, 4.69) is 0 Å². The second-order valence-electron chi connectivity index (χ2n) is 7.44. The number of carboxylic acids is 1. The number of amides is 1. The van der Waals surface area contributed by atoms with Crippen LogP contribution in [0.15, 0.2) is 24.3 Å². The van der Waals surface area contributed by atoms with Crippen molar-refractivity contribution in [3.05, 3.63) is 29.3 Å². The van der Waals surface area contributed by atoms with Gasteiger partial charge in [0.25, 0.3) is 0 Å². The predicted molar refractivity (Wildman–Crippen MR) is 107 cm³/mol. The average Bonchev–Trinajstić information content (AvgIpc) is 3.13. The Morgan fingerprint density at radius 2 is 1.89 bits per heavy atom. The van der Waals surface area contributed by atoms with Crippen molar-refractivity contribution in [2.45, 2.75) is 51.9 Å². The van der Waals surface area contributed by atoms with Crippen molar-refractivity contribution in [2.75, 3.05) is 25.2 Å². The first-order valence-electron chi connectivity index (χ1n) is 9.73. The molecule has 1 aliphatic rings. The Kier molecular flexibility index (Phi) is 8.11. The third-order valence-electron chi connectivity index (χ3n) is 5.50. The minimum Gasteiger partial charge on any atom is -0.481 e. The first kappa shape index (κ1) is 21.7. The summed E-state index contributed by atoms with van der Waals surface area (Å²) < 4.78 is 5.08. The van der Waals surface area contributed by atoms with E-state index in [9.17, 15) is 14.7 Å². The lowest BCUT2D eigenvalue weighted by Gasteiger charge is -2.36. The number of rotatable bonds is 10. The SMILES string of the molecule is CCCN(C(=O)C1(CC(CCOC)C(=O)O)CCCC1)c1ccc(Cl)cc1. The Labute approximate surface area is 166 Å². The monoisotopic (exact) mass is 395 g/mol. The molecule has 1 atom stereocenters. The van der Waals surface area contributed by atoms with E-state index in [0.29, 0.717) is 31.0 Å². The molecule has 0 heterocycles. The smallest absolute Gasteiger partial charge is 0.306 e. The van der Waals surface area contributed by atoms with Crippen LogP contribution >= 0.6 is 11.6 Å². The molecule has 0 saturated heterocycles. The summed E-state index contributed by atoms with van der Waals surface area (Å²) in [6.07, 6.45) is 5.04. The van der Waals surface area contributed by atoms with Crippen molar-refractivity contribution in [2.24, 2.45) is 11.3 Å². The highest BCUT2D eigenvalue weighted by Crippen LogP contribution is 2.46. The maximum absolute atomic E-state index is 13.6. The van der Waals surface area contributed by atoms with Gasteiger partial charge in [-0.05, 0) is 56.4 Å². The normalized spacial score (nSPS) is 16.9. The Bertz CT molecular complexity index is 626. The molecule has 1 unspecified atom stereocenters. The number of methoxy groups -OCH3 is 1. The van der Waals surface area contributed by atoms with Crippen LogP contribution in [0.5, 0.6) is 0 Å². The van der Waals surface area contributed by atoms with Crippen LogP contribution < -0.4 is 4.90 Å². The fraction of sp³-hybridized carbons (Fsp3) is 0.619. The Morgan fingerprint density at radius 3 is 2.41 bits per heavy atom. The van der Waals surface area contributed by atoms with E-state index >= 15 is 0 Å². The highest BCUT2D eigenvalue weighted by molar-refractivity contribution is 6.30. The summed E-state index contributed by atoms with van der Waals surface area (Å²) in [7, 11) is 1.57. The van der Waals surface area contributed by atoms with Crippen LogP contribution in [0.2, 0.25) is 5.02 Å². The number of halogens is 1. The molecular formula is C21H30ClNO4. The third kappa shape index (κ3) is 5.45. The highest BCUT2D eigenvalue weighted by Gasteiger charge is 2.46. The van der Waals surface area contributed by atoms with E-state index < -0.39 is 17.3 Å². The number of carboxylic acid groups (broad SMARTS) is 1. The summed E-state index contributed by atoms with van der Waals surface area (Å²) in [5.41, 5.74) is 0.215. The van der Waals surface area contributed by atoms with Gasteiger partial charge in [0.1, 0.15) is 0 Å². The van der Waals surface area contributed by atoms with E-state index in [1.807, 2.05) is 24.0 Å². The zero-order chi connectivity index (χ0) is 19.9. The third-order valence-corrected chi connectivity index (χ3v) is 5.75. The Balaban J connectivity index is 2.29. The molecule has 5 nitrogen and oxygen atoms in total. The topological polar surface area (TPSA) is 66.8 Å². The van der Waals surface area contributed by atoms with Gasteiger partial charge < -0.3 is 14.7 Å². The lowest BCUT2D eigenvalue weighted by atomic mass is 9.75. The summed E-state index contributed by atoms with van der Waals surface area (Å²) in [6, 6.07) is 7.29. The average molecular weight is 396 g/mol. The molecule has 6 heteroatoms. The molecule has 0 aromatic heterocycles. The predicted octanol–water partition coefficient (Wildman–Crippen LogP) is 4.77. The Hall–Kier alpha value is -1.59. The zero-order valence-corrected chi connectivity index (χ0v) is 17.0. The lowest BCUT2D eigenvalue weighted by molar-refractivity contribution is -0.144. The molecule has 0 bridgehead atoms. The fourth-order valence-corrected chi connectivity index (χ4v) is 4.21. The van der Waals surface area contributed by atoms with Gasteiger partial charge in [0, 0.05) is 31.0 Å². The summed E-state index contributed by atoms with van der Waals surface area (Å²) in [5, 5.41) is 10.3. The molecule has 0 radical (unpaired) electrons. The lowest BCUT2D eigenvalue weighted by Crippen LogP contribution is -2.45. The van der Waals surface area contributed by atoms with Gasteiger partial charge in [0.15, 0.2) is 0 Å². The minimum atomic E-state index is -0.848. The van der Waals surface area contributed by atoms with Crippen molar-refractivity contribution in [1.29, 1.82) is 0 Å². The molecule has 0 aliphatic heterocycles. The van der Waals surface area contributed by atoms with Gasteiger partial charge in [-0.3, -0.25) is 9.59 Å². The van der Waals surface area contributed by atoms with Crippen molar-refractivity contribution in [1.82, 2.24) is 0 Å². The maximum Gasteiger partial charge on any atom is 0.306 e. The fourth-order valence-electron chi connectivity index (χ4n) is 4.08. The van der Waals surface area contributed by atoms with Crippen LogP contribution in [0.1, 0.15) is 51.9 Å². The van der Waals surface area contributed by atoms with E-state index in [1.165, 1.54) is 0 Å². The van der Waals surface area contributed by atoms with Crippen molar-refractivity contribution < 1.29 is 19.4 Å². The van der Waals surface area contributed by atoms with E-state index in [0.717, 1.165) is 37.8 Å². The number of carbonyl (C=O) groups is 2. The van der Waals surface area contributed by atoms with Crippen LogP contribution in [-0.2, 0) is 14.3 Å². The number of ether oxygens (including phenoxy) is 1.